The molecule has 10 heteroatoms. The number of carbonyl (C=O) groups is 1. The van der Waals surface area contributed by atoms with E-state index in [2.05, 4.69) is 32.6 Å². The van der Waals surface area contributed by atoms with Crippen LogP contribution in [0, 0.1) is 0 Å². The first kappa shape index (κ1) is 20.3. The van der Waals surface area contributed by atoms with Gasteiger partial charge >= 0.3 is 0 Å². The number of aryl methyl sites for hydroxylation is 1. The molecule has 8 nitrogen and oxygen atoms in total. The highest BCUT2D eigenvalue weighted by atomic mass is 32.2. The smallest absolute Gasteiger partial charge is 0.236 e. The molecule has 1 N–H and O–H groups in total. The number of ether oxygens (including phenoxy) is 1. The van der Waals surface area contributed by atoms with Gasteiger partial charge in [-0.1, -0.05) is 48.2 Å². The molecule has 148 valence electrons. The molecular weight excluding hydrogens is 396 g/mol. The zero-order chi connectivity index (χ0) is 19.9. The van der Waals surface area contributed by atoms with Gasteiger partial charge in [0, 0.05) is 13.5 Å². The molecule has 2 heterocycles. The number of hydrogen-bond donors (Lipinski definition) is 1. The summed E-state index contributed by atoms with van der Waals surface area (Å²) in [5.74, 6) is 1.52. The van der Waals surface area contributed by atoms with Crippen LogP contribution in [-0.4, -0.2) is 36.6 Å². The van der Waals surface area contributed by atoms with E-state index in [9.17, 15) is 4.79 Å². The topological polar surface area (TPSA) is 94.8 Å². The summed E-state index contributed by atoms with van der Waals surface area (Å²) in [5.41, 5.74) is 0. The van der Waals surface area contributed by atoms with E-state index in [4.69, 9.17) is 4.74 Å². The van der Waals surface area contributed by atoms with E-state index in [1.54, 1.807) is 0 Å². The van der Waals surface area contributed by atoms with Crippen molar-refractivity contribution in [3.8, 4) is 5.75 Å². The molecule has 1 unspecified atom stereocenters. The van der Waals surface area contributed by atoms with Crippen LogP contribution in [-0.2, 0) is 18.3 Å². The van der Waals surface area contributed by atoms with Gasteiger partial charge in [-0.3, -0.25) is 10.1 Å². The molecule has 0 saturated carbocycles. The van der Waals surface area contributed by atoms with Crippen molar-refractivity contribution in [1.82, 2.24) is 25.0 Å². The van der Waals surface area contributed by atoms with Crippen LogP contribution in [0.3, 0.4) is 0 Å². The Morgan fingerprint density at radius 2 is 2.04 bits per heavy atom. The molecule has 0 saturated heterocycles. The first-order chi connectivity index (χ1) is 13.6. The van der Waals surface area contributed by atoms with Crippen LogP contribution in [0.2, 0.25) is 0 Å². The minimum absolute atomic E-state index is 0.151. The van der Waals surface area contributed by atoms with Crippen molar-refractivity contribution in [1.29, 1.82) is 0 Å². The van der Waals surface area contributed by atoms with Crippen LogP contribution in [0.15, 0.2) is 35.5 Å². The van der Waals surface area contributed by atoms with E-state index in [1.807, 2.05) is 48.9 Å². The van der Waals surface area contributed by atoms with Crippen molar-refractivity contribution in [3.63, 3.8) is 0 Å². The Morgan fingerprint density at radius 1 is 1.25 bits per heavy atom. The predicted octanol–water partition coefficient (Wildman–Crippen LogP) is 3.49. The molecule has 0 radical (unpaired) electrons. The molecular formula is C18H22N6O2S2. The molecule has 2 aromatic heterocycles. The van der Waals surface area contributed by atoms with E-state index in [-0.39, 0.29) is 17.8 Å². The number of nitrogens with zero attached hydrogens (tertiary/aromatic N) is 5. The summed E-state index contributed by atoms with van der Waals surface area (Å²) in [5, 5.41) is 21.3. The summed E-state index contributed by atoms with van der Waals surface area (Å²) >= 11 is 2.72. The predicted molar refractivity (Wildman–Crippen MR) is 110 cm³/mol. The van der Waals surface area contributed by atoms with Gasteiger partial charge in [-0.15, -0.1) is 20.4 Å². The number of nitrogens with one attached hydrogen (secondary N) is 1. The number of benzene rings is 1. The van der Waals surface area contributed by atoms with Crippen molar-refractivity contribution < 1.29 is 9.53 Å². The molecule has 0 aliphatic rings. The lowest BCUT2D eigenvalue weighted by molar-refractivity contribution is -0.113. The second kappa shape index (κ2) is 9.65. The minimum Gasteiger partial charge on any atom is -0.483 e. The highest BCUT2D eigenvalue weighted by Crippen LogP contribution is 2.24. The Labute approximate surface area is 171 Å². The summed E-state index contributed by atoms with van der Waals surface area (Å²) in [6.07, 6.45) is 1.61. The lowest BCUT2D eigenvalue weighted by atomic mass is 10.3. The van der Waals surface area contributed by atoms with E-state index < -0.39 is 0 Å². The molecule has 28 heavy (non-hydrogen) atoms. The molecule has 3 aromatic rings. The fraction of sp³-hybridized carbons (Fsp3) is 0.389. The number of rotatable bonds is 9. The second-order valence-electron chi connectivity index (χ2n) is 6.06. The van der Waals surface area contributed by atoms with Gasteiger partial charge < -0.3 is 9.30 Å². The first-order valence-corrected chi connectivity index (χ1v) is 10.7. The van der Waals surface area contributed by atoms with Crippen molar-refractivity contribution in [2.45, 2.75) is 37.9 Å². The Morgan fingerprint density at radius 3 is 2.79 bits per heavy atom. The quantitative estimate of drug-likeness (QED) is 0.532. The maximum Gasteiger partial charge on any atom is 0.236 e. The zero-order valence-corrected chi connectivity index (χ0v) is 17.6. The zero-order valence-electron chi connectivity index (χ0n) is 16.0. The van der Waals surface area contributed by atoms with Gasteiger partial charge in [-0.25, -0.2) is 0 Å². The highest BCUT2D eigenvalue weighted by molar-refractivity contribution is 7.99. The average molecular weight is 419 g/mol. The van der Waals surface area contributed by atoms with Gasteiger partial charge in [0.1, 0.15) is 10.8 Å². The van der Waals surface area contributed by atoms with Crippen molar-refractivity contribution >= 4 is 34.1 Å². The standard InChI is InChI=1S/C18H22N6O2S2/c1-4-8-15-20-22-17(28-15)19-14(25)11-27-18-23-21-16(24(18)3)12(2)26-13-9-6-5-7-10-13/h5-7,9-10,12H,4,8,11H2,1-3H3,(H,19,22,25). The molecule has 0 spiro atoms. The van der Waals surface area contributed by atoms with Gasteiger partial charge in [0.05, 0.1) is 5.75 Å². The van der Waals surface area contributed by atoms with Crippen molar-refractivity contribution in [3.05, 3.63) is 41.2 Å². The van der Waals surface area contributed by atoms with Gasteiger partial charge in [-0.05, 0) is 25.5 Å². The first-order valence-electron chi connectivity index (χ1n) is 8.92. The Bertz CT molecular complexity index is 912. The largest absolute Gasteiger partial charge is 0.483 e. The molecule has 0 fully saturated rings. The monoisotopic (exact) mass is 418 g/mol. The highest BCUT2D eigenvalue weighted by Gasteiger charge is 2.18. The van der Waals surface area contributed by atoms with Crippen LogP contribution in [0.4, 0.5) is 5.13 Å². The average Bonchev–Trinajstić information content (AvgIpc) is 3.27. The molecule has 3 rings (SSSR count). The fourth-order valence-electron chi connectivity index (χ4n) is 2.47. The van der Waals surface area contributed by atoms with Crippen LogP contribution < -0.4 is 10.1 Å². The normalized spacial score (nSPS) is 12.0. The number of para-hydroxylation sites is 1. The summed E-state index contributed by atoms with van der Waals surface area (Å²) in [7, 11) is 1.86. The third kappa shape index (κ3) is 5.29. The van der Waals surface area contributed by atoms with Crippen LogP contribution in [0.1, 0.15) is 37.2 Å². The van der Waals surface area contributed by atoms with E-state index in [1.165, 1.54) is 23.1 Å². The third-order valence-electron chi connectivity index (χ3n) is 3.80. The molecule has 0 aliphatic carbocycles. The van der Waals surface area contributed by atoms with Crippen LogP contribution in [0.25, 0.3) is 0 Å². The molecule has 1 amide bonds. The van der Waals surface area contributed by atoms with Crippen molar-refractivity contribution in [2.75, 3.05) is 11.1 Å². The van der Waals surface area contributed by atoms with E-state index >= 15 is 0 Å². The number of anilines is 1. The molecule has 1 atom stereocenters. The lowest BCUT2D eigenvalue weighted by Crippen LogP contribution is -2.14. The van der Waals surface area contributed by atoms with Crippen LogP contribution >= 0.6 is 23.1 Å². The lowest BCUT2D eigenvalue weighted by Gasteiger charge is -2.14. The van der Waals surface area contributed by atoms with Gasteiger partial charge in [0.25, 0.3) is 0 Å². The van der Waals surface area contributed by atoms with Crippen molar-refractivity contribution in [2.24, 2.45) is 7.05 Å². The molecule has 1 aromatic carbocycles. The third-order valence-corrected chi connectivity index (χ3v) is 5.72. The second-order valence-corrected chi connectivity index (χ2v) is 8.07. The Hall–Kier alpha value is -2.46. The Kier molecular flexibility index (Phi) is 6.99. The number of amides is 1. The summed E-state index contributed by atoms with van der Waals surface area (Å²) in [6.45, 7) is 4.00. The SMILES string of the molecule is CCCc1nnc(NC(=O)CSc2nnc(C(C)Oc3ccccc3)n2C)s1. The number of hydrogen-bond acceptors (Lipinski definition) is 8. The molecule has 0 aliphatic heterocycles. The van der Waals surface area contributed by atoms with E-state index in [0.717, 1.165) is 23.6 Å². The number of carbonyl (C=O) groups excluding carboxylic acids is 1. The summed E-state index contributed by atoms with van der Waals surface area (Å²) < 4.78 is 7.74. The van der Waals surface area contributed by atoms with E-state index in [0.29, 0.717) is 16.1 Å². The van der Waals surface area contributed by atoms with Crippen LogP contribution in [0.5, 0.6) is 5.75 Å². The maximum absolute atomic E-state index is 12.2. The summed E-state index contributed by atoms with van der Waals surface area (Å²) in [4.78, 5) is 12.2. The maximum atomic E-state index is 12.2. The van der Waals surface area contributed by atoms with Gasteiger partial charge in [0.2, 0.25) is 11.0 Å². The van der Waals surface area contributed by atoms with Gasteiger partial charge in [-0.2, -0.15) is 0 Å². The van der Waals surface area contributed by atoms with Gasteiger partial charge in [0.15, 0.2) is 17.1 Å². The number of aromatic nitrogens is 5. The Balaban J connectivity index is 1.54. The summed E-state index contributed by atoms with van der Waals surface area (Å²) in [6, 6.07) is 9.56. The molecule has 0 bridgehead atoms. The fourth-order valence-corrected chi connectivity index (χ4v) is 4.04. The number of thioether (sulfide) groups is 1. The minimum atomic E-state index is -0.263.